The monoisotopic (exact) mass is 363 g/mol. The number of likely N-dealkylation sites (tertiary alicyclic amines) is 1. The largest absolute Gasteiger partial charge is 0.338 e. The summed E-state index contributed by atoms with van der Waals surface area (Å²) in [7, 11) is 0. The van der Waals surface area contributed by atoms with Crippen LogP contribution < -0.4 is 5.56 Å². The number of hydrogen-bond donors (Lipinski definition) is 1. The van der Waals surface area contributed by atoms with E-state index in [1.165, 1.54) is 6.20 Å². The van der Waals surface area contributed by atoms with Crippen LogP contribution in [0.2, 0.25) is 0 Å². The van der Waals surface area contributed by atoms with E-state index in [9.17, 15) is 9.59 Å². The van der Waals surface area contributed by atoms with Gasteiger partial charge in [-0.15, -0.1) is 0 Å². The summed E-state index contributed by atoms with van der Waals surface area (Å²) in [6.07, 6.45) is 8.91. The van der Waals surface area contributed by atoms with E-state index in [2.05, 4.69) is 19.5 Å². The Morgan fingerprint density at radius 3 is 2.93 bits per heavy atom. The molecule has 1 fully saturated rings. The third-order valence-corrected chi connectivity index (χ3v) is 4.93. The molecule has 7 nitrogen and oxygen atoms in total. The van der Waals surface area contributed by atoms with Crippen LogP contribution in [0.4, 0.5) is 0 Å². The quantitative estimate of drug-likeness (QED) is 0.769. The number of nitrogens with one attached hydrogen (secondary N) is 1. The highest BCUT2D eigenvalue weighted by Crippen LogP contribution is 2.27. The number of nitrogens with zero attached hydrogens (tertiary/aromatic N) is 4. The molecule has 1 aliphatic heterocycles. The Morgan fingerprint density at radius 2 is 2.11 bits per heavy atom. The van der Waals surface area contributed by atoms with Crippen molar-refractivity contribution in [3.05, 3.63) is 82.6 Å². The summed E-state index contributed by atoms with van der Waals surface area (Å²) in [6.45, 7) is 1.87. The molecule has 7 heteroatoms. The van der Waals surface area contributed by atoms with Crippen molar-refractivity contribution < 1.29 is 4.79 Å². The van der Waals surface area contributed by atoms with Crippen LogP contribution in [0.3, 0.4) is 0 Å². The van der Waals surface area contributed by atoms with Gasteiger partial charge in [0.2, 0.25) is 0 Å². The number of piperidine rings is 1. The Hall–Kier alpha value is -3.22. The van der Waals surface area contributed by atoms with Gasteiger partial charge in [0.25, 0.3) is 11.5 Å². The Morgan fingerprint density at radius 1 is 1.19 bits per heavy atom. The Labute approximate surface area is 156 Å². The lowest BCUT2D eigenvalue weighted by atomic mass is 9.96. The molecular weight excluding hydrogens is 342 g/mol. The first-order chi connectivity index (χ1) is 13.2. The molecule has 1 amide bonds. The van der Waals surface area contributed by atoms with Crippen LogP contribution in [-0.4, -0.2) is 43.4 Å². The zero-order valence-corrected chi connectivity index (χ0v) is 14.9. The summed E-state index contributed by atoms with van der Waals surface area (Å²) in [5.74, 6) is 0.883. The van der Waals surface area contributed by atoms with Crippen molar-refractivity contribution in [2.75, 3.05) is 13.1 Å². The molecule has 4 rings (SSSR count). The Bertz CT molecular complexity index is 979. The molecule has 4 heterocycles. The van der Waals surface area contributed by atoms with E-state index >= 15 is 0 Å². The first kappa shape index (κ1) is 17.2. The second kappa shape index (κ2) is 7.57. The first-order valence-electron chi connectivity index (χ1n) is 9.10. The minimum Gasteiger partial charge on any atom is -0.338 e. The normalized spacial score (nSPS) is 17.0. The van der Waals surface area contributed by atoms with Crippen molar-refractivity contribution in [2.45, 2.75) is 25.3 Å². The van der Waals surface area contributed by atoms with E-state index in [0.717, 1.165) is 24.4 Å². The van der Waals surface area contributed by atoms with E-state index in [1.54, 1.807) is 29.4 Å². The lowest BCUT2D eigenvalue weighted by Gasteiger charge is -2.32. The van der Waals surface area contributed by atoms with E-state index in [0.29, 0.717) is 19.6 Å². The summed E-state index contributed by atoms with van der Waals surface area (Å²) in [5.41, 5.74) is 0.813. The van der Waals surface area contributed by atoms with Gasteiger partial charge in [0.05, 0.1) is 12.2 Å². The lowest BCUT2D eigenvalue weighted by Crippen LogP contribution is -2.41. The van der Waals surface area contributed by atoms with Crippen molar-refractivity contribution in [1.29, 1.82) is 0 Å². The van der Waals surface area contributed by atoms with Crippen molar-refractivity contribution in [1.82, 2.24) is 24.4 Å². The average molecular weight is 363 g/mol. The van der Waals surface area contributed by atoms with E-state index in [-0.39, 0.29) is 22.9 Å². The van der Waals surface area contributed by atoms with Crippen LogP contribution in [0.5, 0.6) is 0 Å². The van der Waals surface area contributed by atoms with Gasteiger partial charge in [0.15, 0.2) is 0 Å². The number of imidazole rings is 1. The molecule has 1 N–H and O–H groups in total. The number of hydrogen-bond acceptors (Lipinski definition) is 4. The number of pyridine rings is 2. The fourth-order valence-corrected chi connectivity index (χ4v) is 3.61. The second-order valence-corrected chi connectivity index (χ2v) is 6.74. The average Bonchev–Trinajstić information content (AvgIpc) is 3.17. The Kier molecular flexibility index (Phi) is 4.82. The van der Waals surface area contributed by atoms with Crippen LogP contribution >= 0.6 is 0 Å². The molecule has 3 aromatic rings. The second-order valence-electron chi connectivity index (χ2n) is 6.74. The van der Waals surface area contributed by atoms with Crippen molar-refractivity contribution >= 4 is 5.91 Å². The standard InChI is InChI=1S/C20H21N5O2/c26-19-17(7-3-9-23-19)20(27)25-11-4-5-15(13-25)18-22-10-12-24(18)14-16-6-1-2-8-21-16/h1-3,6-10,12,15H,4-5,11,13-14H2,(H,23,26)/t15-/m1/s1. The van der Waals surface area contributed by atoms with Crippen LogP contribution in [0, 0.1) is 0 Å². The fourth-order valence-electron chi connectivity index (χ4n) is 3.61. The van der Waals surface area contributed by atoms with Gasteiger partial charge in [-0.1, -0.05) is 6.07 Å². The molecule has 1 saturated heterocycles. The van der Waals surface area contributed by atoms with Crippen LogP contribution in [0.1, 0.15) is 40.6 Å². The highest BCUT2D eigenvalue weighted by Gasteiger charge is 2.29. The van der Waals surface area contributed by atoms with Gasteiger partial charge in [-0.3, -0.25) is 14.6 Å². The summed E-state index contributed by atoms with van der Waals surface area (Å²) < 4.78 is 2.09. The number of carbonyl (C=O) groups is 1. The van der Waals surface area contributed by atoms with Crippen LogP contribution in [-0.2, 0) is 6.54 Å². The summed E-state index contributed by atoms with van der Waals surface area (Å²) in [4.78, 5) is 38.0. The molecule has 1 aliphatic rings. The molecule has 1 atom stereocenters. The maximum atomic E-state index is 12.8. The smallest absolute Gasteiger partial charge is 0.260 e. The molecule has 0 radical (unpaired) electrons. The molecule has 0 bridgehead atoms. The van der Waals surface area contributed by atoms with Gasteiger partial charge in [-0.05, 0) is 37.1 Å². The summed E-state index contributed by atoms with van der Waals surface area (Å²) >= 11 is 0. The number of H-pyrrole nitrogens is 1. The fraction of sp³-hybridized carbons (Fsp3) is 0.300. The molecule has 0 aromatic carbocycles. The third-order valence-electron chi connectivity index (χ3n) is 4.93. The summed E-state index contributed by atoms with van der Waals surface area (Å²) in [6, 6.07) is 9.11. The summed E-state index contributed by atoms with van der Waals surface area (Å²) in [5, 5.41) is 0. The molecule has 0 spiro atoms. The number of carbonyl (C=O) groups excluding carboxylic acids is 1. The van der Waals surface area contributed by atoms with Gasteiger partial charge in [0.1, 0.15) is 11.4 Å². The zero-order valence-electron chi connectivity index (χ0n) is 14.9. The van der Waals surface area contributed by atoms with Crippen LogP contribution in [0.25, 0.3) is 0 Å². The van der Waals surface area contributed by atoms with Gasteiger partial charge >= 0.3 is 0 Å². The lowest BCUT2D eigenvalue weighted by molar-refractivity contribution is 0.0701. The molecule has 0 aliphatic carbocycles. The molecule has 3 aromatic heterocycles. The van der Waals surface area contributed by atoms with Crippen molar-refractivity contribution in [3.63, 3.8) is 0 Å². The van der Waals surface area contributed by atoms with E-state index in [1.807, 2.05) is 24.4 Å². The van der Waals surface area contributed by atoms with E-state index in [4.69, 9.17) is 0 Å². The minimum absolute atomic E-state index is 0.143. The highest BCUT2D eigenvalue weighted by molar-refractivity contribution is 5.93. The topological polar surface area (TPSA) is 83.9 Å². The predicted molar refractivity (Wildman–Crippen MR) is 101 cm³/mol. The SMILES string of the molecule is O=C(c1ccc[nH]c1=O)N1CCC[C@@H](c2nccn2Cc2ccccn2)C1. The predicted octanol–water partition coefficient (Wildman–Crippen LogP) is 2.03. The zero-order chi connectivity index (χ0) is 18.6. The number of aromatic amines is 1. The highest BCUT2D eigenvalue weighted by atomic mass is 16.2. The maximum absolute atomic E-state index is 12.8. The number of amides is 1. The molecule has 27 heavy (non-hydrogen) atoms. The minimum atomic E-state index is -0.346. The number of aromatic nitrogens is 4. The number of rotatable bonds is 4. The van der Waals surface area contributed by atoms with Gasteiger partial charge in [0, 0.05) is 43.8 Å². The van der Waals surface area contributed by atoms with Crippen molar-refractivity contribution in [2.24, 2.45) is 0 Å². The van der Waals surface area contributed by atoms with Gasteiger partial charge in [-0.2, -0.15) is 0 Å². The van der Waals surface area contributed by atoms with Crippen LogP contribution in [0.15, 0.2) is 59.9 Å². The molecule has 0 unspecified atom stereocenters. The third kappa shape index (κ3) is 3.67. The van der Waals surface area contributed by atoms with Gasteiger partial charge < -0.3 is 14.5 Å². The maximum Gasteiger partial charge on any atom is 0.260 e. The van der Waals surface area contributed by atoms with Gasteiger partial charge in [-0.25, -0.2) is 4.98 Å². The molecule has 138 valence electrons. The van der Waals surface area contributed by atoms with E-state index < -0.39 is 0 Å². The van der Waals surface area contributed by atoms with Crippen molar-refractivity contribution in [3.8, 4) is 0 Å². The molecular formula is C20H21N5O2. The Balaban J connectivity index is 1.52. The first-order valence-corrected chi connectivity index (χ1v) is 9.10. The molecule has 0 saturated carbocycles.